The summed E-state index contributed by atoms with van der Waals surface area (Å²) in [6.07, 6.45) is 1.41. The van der Waals surface area contributed by atoms with Crippen molar-refractivity contribution in [3.05, 3.63) is 52.5 Å². The summed E-state index contributed by atoms with van der Waals surface area (Å²) in [5.41, 5.74) is 8.59. The van der Waals surface area contributed by atoms with E-state index >= 15 is 0 Å². The summed E-state index contributed by atoms with van der Waals surface area (Å²) >= 11 is 6.38. The van der Waals surface area contributed by atoms with Gasteiger partial charge in [0.05, 0.1) is 17.1 Å². The quantitative estimate of drug-likeness (QED) is 0.252. The van der Waals surface area contributed by atoms with Crippen LogP contribution in [0.2, 0.25) is 5.02 Å². The van der Waals surface area contributed by atoms with Gasteiger partial charge < -0.3 is 15.2 Å². The Morgan fingerprint density at radius 1 is 1.14 bits per heavy atom. The van der Waals surface area contributed by atoms with Crippen LogP contribution in [0, 0.1) is 0 Å². The van der Waals surface area contributed by atoms with E-state index in [1.807, 2.05) is 24.3 Å². The first kappa shape index (κ1) is 29.6. The fraction of sp³-hybridized carbons (Fsp3) is 0.462. The van der Waals surface area contributed by atoms with Crippen molar-refractivity contribution in [2.24, 2.45) is 10.7 Å². The standard InChI is InChI=1S/C26H36ClN3O5S/c1-26(2,3)36(32,33)17-20-16-19(9-11-22(20)27)21-10-7-18(8-12-24(31)30-25(28)29-4)15-23(21)35-14-6-13-34-5/h7,9-11,15-16H,6,8,12-14,17H2,1-5H3,(H3,28,29,30,31). The number of carbonyl (C=O) groups is 1. The van der Waals surface area contributed by atoms with E-state index < -0.39 is 14.6 Å². The molecular formula is C26H36ClN3O5S. The van der Waals surface area contributed by atoms with Gasteiger partial charge in [-0.1, -0.05) is 29.8 Å². The zero-order valence-electron chi connectivity index (χ0n) is 21.6. The number of amides is 1. The lowest BCUT2D eigenvalue weighted by Gasteiger charge is -2.20. The second-order valence-electron chi connectivity index (χ2n) is 9.36. The highest BCUT2D eigenvalue weighted by Crippen LogP contribution is 2.35. The lowest BCUT2D eigenvalue weighted by molar-refractivity contribution is -0.119. The number of aryl methyl sites for hydroxylation is 1. The van der Waals surface area contributed by atoms with Crippen LogP contribution >= 0.6 is 11.6 Å². The maximum absolute atomic E-state index is 12.8. The molecule has 0 saturated heterocycles. The summed E-state index contributed by atoms with van der Waals surface area (Å²) in [7, 11) is -0.285. The van der Waals surface area contributed by atoms with Crippen LogP contribution in [0.5, 0.6) is 5.75 Å². The topological polar surface area (TPSA) is 120 Å². The predicted molar refractivity (Wildman–Crippen MR) is 145 cm³/mol. The number of ether oxygens (including phenoxy) is 2. The number of aliphatic imine (C=N–C) groups is 1. The third kappa shape index (κ3) is 8.50. The van der Waals surface area contributed by atoms with Crippen LogP contribution in [0.15, 0.2) is 41.4 Å². The molecule has 3 N–H and O–H groups in total. The van der Waals surface area contributed by atoms with Crippen molar-refractivity contribution in [3.8, 4) is 16.9 Å². The molecular weight excluding hydrogens is 502 g/mol. The Morgan fingerprint density at radius 3 is 2.50 bits per heavy atom. The zero-order valence-corrected chi connectivity index (χ0v) is 23.1. The van der Waals surface area contributed by atoms with Crippen molar-refractivity contribution in [1.82, 2.24) is 5.32 Å². The van der Waals surface area contributed by atoms with Crippen LogP contribution in [0.1, 0.15) is 44.7 Å². The molecule has 0 aliphatic rings. The fourth-order valence-corrected chi connectivity index (χ4v) is 4.60. The van der Waals surface area contributed by atoms with Gasteiger partial charge >= 0.3 is 0 Å². The smallest absolute Gasteiger partial charge is 0.226 e. The fourth-order valence-electron chi connectivity index (χ4n) is 3.26. The van der Waals surface area contributed by atoms with Crippen LogP contribution in [0.4, 0.5) is 0 Å². The lowest BCUT2D eigenvalue weighted by atomic mass is 9.99. The van der Waals surface area contributed by atoms with Gasteiger partial charge in [-0.05, 0) is 62.1 Å². The third-order valence-corrected chi connectivity index (χ3v) is 8.51. The minimum Gasteiger partial charge on any atom is -0.493 e. The second-order valence-corrected chi connectivity index (χ2v) is 12.5. The van der Waals surface area contributed by atoms with Crippen molar-refractivity contribution in [2.75, 3.05) is 27.4 Å². The minimum atomic E-state index is -3.42. The first-order chi connectivity index (χ1) is 16.9. The van der Waals surface area contributed by atoms with Gasteiger partial charge in [-0.2, -0.15) is 0 Å². The van der Waals surface area contributed by atoms with E-state index in [1.165, 1.54) is 7.05 Å². The molecule has 0 aliphatic carbocycles. The highest BCUT2D eigenvalue weighted by atomic mass is 35.5. The normalized spacial score (nSPS) is 12.4. The lowest BCUT2D eigenvalue weighted by Crippen LogP contribution is -2.36. The highest BCUT2D eigenvalue weighted by Gasteiger charge is 2.30. The Bertz CT molecular complexity index is 1190. The van der Waals surface area contributed by atoms with Crippen molar-refractivity contribution in [1.29, 1.82) is 0 Å². The largest absolute Gasteiger partial charge is 0.493 e. The molecule has 0 radical (unpaired) electrons. The maximum Gasteiger partial charge on any atom is 0.226 e. The summed E-state index contributed by atoms with van der Waals surface area (Å²) in [4.78, 5) is 15.8. The molecule has 198 valence electrons. The summed E-state index contributed by atoms with van der Waals surface area (Å²) in [6.45, 7) is 6.02. The van der Waals surface area contributed by atoms with Crippen LogP contribution in [-0.2, 0) is 31.5 Å². The number of nitrogens with one attached hydrogen (secondary N) is 1. The third-order valence-electron chi connectivity index (χ3n) is 5.58. The number of halogens is 1. The first-order valence-electron chi connectivity index (χ1n) is 11.7. The van der Waals surface area contributed by atoms with Crippen LogP contribution < -0.4 is 15.8 Å². The summed E-state index contributed by atoms with van der Waals surface area (Å²) < 4.78 is 35.9. The molecule has 0 saturated carbocycles. The molecule has 0 fully saturated rings. The Balaban J connectivity index is 2.36. The number of methoxy groups -OCH3 is 1. The SMILES string of the molecule is CN=C(N)NC(=O)CCc1ccc(-c2ccc(Cl)c(CS(=O)(=O)C(C)(C)C)c2)c(OCCCOC)c1. The first-order valence-corrected chi connectivity index (χ1v) is 13.7. The number of hydrogen-bond acceptors (Lipinski definition) is 6. The van der Waals surface area contributed by atoms with E-state index in [0.29, 0.717) is 42.4 Å². The van der Waals surface area contributed by atoms with Crippen LogP contribution in [-0.4, -0.2) is 52.4 Å². The van der Waals surface area contributed by atoms with Gasteiger partial charge in [0.25, 0.3) is 0 Å². The molecule has 0 atom stereocenters. The average molecular weight is 538 g/mol. The van der Waals surface area contributed by atoms with Crippen molar-refractivity contribution >= 4 is 33.3 Å². The summed E-state index contributed by atoms with van der Waals surface area (Å²) in [5, 5.41) is 2.92. The highest BCUT2D eigenvalue weighted by molar-refractivity contribution is 7.91. The summed E-state index contributed by atoms with van der Waals surface area (Å²) in [6, 6.07) is 11.1. The molecule has 0 bridgehead atoms. The average Bonchev–Trinajstić information content (AvgIpc) is 2.81. The van der Waals surface area contributed by atoms with E-state index in [1.54, 1.807) is 40.0 Å². The molecule has 2 aromatic carbocycles. The Kier molecular flexibility index (Phi) is 10.8. The van der Waals surface area contributed by atoms with Gasteiger partial charge in [0.1, 0.15) is 5.75 Å². The van der Waals surface area contributed by atoms with Gasteiger partial charge in [-0.25, -0.2) is 8.42 Å². The van der Waals surface area contributed by atoms with E-state index in [0.717, 1.165) is 16.7 Å². The minimum absolute atomic E-state index is 0.0736. The number of sulfone groups is 1. The second kappa shape index (κ2) is 13.1. The van der Waals surface area contributed by atoms with E-state index in [9.17, 15) is 13.2 Å². The molecule has 0 aromatic heterocycles. The Morgan fingerprint density at radius 2 is 1.86 bits per heavy atom. The Hall–Kier alpha value is -2.62. The number of benzene rings is 2. The molecule has 2 rings (SSSR count). The van der Waals surface area contributed by atoms with E-state index in [2.05, 4.69) is 10.3 Å². The van der Waals surface area contributed by atoms with Gasteiger partial charge in [0, 0.05) is 44.2 Å². The van der Waals surface area contributed by atoms with Crippen LogP contribution in [0.3, 0.4) is 0 Å². The number of nitrogens with two attached hydrogens (primary N) is 1. The van der Waals surface area contributed by atoms with Crippen molar-refractivity contribution < 1.29 is 22.7 Å². The van der Waals surface area contributed by atoms with Gasteiger partial charge in [0.2, 0.25) is 5.91 Å². The summed E-state index contributed by atoms with van der Waals surface area (Å²) in [5.74, 6) is 0.312. The molecule has 0 spiro atoms. The number of carbonyl (C=O) groups excluding carboxylic acids is 1. The molecule has 0 aliphatic heterocycles. The number of guanidine groups is 1. The number of hydrogen-bond donors (Lipinski definition) is 2. The predicted octanol–water partition coefficient (Wildman–Crippen LogP) is 4.13. The van der Waals surface area contributed by atoms with Crippen molar-refractivity contribution in [3.63, 3.8) is 0 Å². The molecule has 36 heavy (non-hydrogen) atoms. The molecule has 10 heteroatoms. The van der Waals surface area contributed by atoms with Gasteiger partial charge in [0.15, 0.2) is 15.8 Å². The zero-order chi connectivity index (χ0) is 26.9. The van der Waals surface area contributed by atoms with Crippen molar-refractivity contribution in [2.45, 2.75) is 50.5 Å². The van der Waals surface area contributed by atoms with Gasteiger partial charge in [-0.3, -0.25) is 15.1 Å². The van der Waals surface area contributed by atoms with E-state index in [4.69, 9.17) is 26.8 Å². The molecule has 2 aromatic rings. The van der Waals surface area contributed by atoms with Gasteiger partial charge in [-0.15, -0.1) is 0 Å². The number of nitrogens with zero attached hydrogens (tertiary/aromatic N) is 1. The number of rotatable bonds is 11. The Labute approximate surface area is 219 Å². The monoisotopic (exact) mass is 537 g/mol. The van der Waals surface area contributed by atoms with Crippen LogP contribution in [0.25, 0.3) is 11.1 Å². The molecule has 0 unspecified atom stereocenters. The van der Waals surface area contributed by atoms with E-state index in [-0.39, 0.29) is 24.0 Å². The maximum atomic E-state index is 12.8. The molecule has 1 amide bonds. The molecule has 8 nitrogen and oxygen atoms in total. The molecule has 0 heterocycles.